The van der Waals surface area contributed by atoms with Gasteiger partial charge >= 0.3 is 6.18 Å². The zero-order valence-electron chi connectivity index (χ0n) is 8.37. The number of nitro benzene ring substituents is 1. The van der Waals surface area contributed by atoms with Gasteiger partial charge in [-0.2, -0.15) is 13.2 Å². The van der Waals surface area contributed by atoms with Crippen molar-refractivity contribution in [1.82, 2.24) is 0 Å². The van der Waals surface area contributed by atoms with Gasteiger partial charge in [0.15, 0.2) is 0 Å². The SMILES string of the molecule is O=[N+]([O-])c1cc(C=CCCl)cc(C(F)(F)F)c1. The van der Waals surface area contributed by atoms with Crippen LogP contribution in [0.1, 0.15) is 11.1 Å². The lowest BCUT2D eigenvalue weighted by atomic mass is 10.1. The molecule has 0 radical (unpaired) electrons. The Bertz CT molecular complexity index is 457. The number of allylic oxidation sites excluding steroid dienone is 1. The van der Waals surface area contributed by atoms with Crippen molar-refractivity contribution in [2.45, 2.75) is 6.18 Å². The van der Waals surface area contributed by atoms with E-state index < -0.39 is 22.4 Å². The molecule has 0 heterocycles. The molecule has 0 saturated carbocycles. The quantitative estimate of drug-likeness (QED) is 0.473. The van der Waals surface area contributed by atoms with E-state index in [2.05, 4.69) is 0 Å². The van der Waals surface area contributed by atoms with E-state index in [1.807, 2.05) is 0 Å². The average Bonchev–Trinajstić information content (AvgIpc) is 2.24. The lowest BCUT2D eigenvalue weighted by Gasteiger charge is -2.07. The minimum Gasteiger partial charge on any atom is -0.258 e. The van der Waals surface area contributed by atoms with Gasteiger partial charge < -0.3 is 0 Å². The predicted octanol–water partition coefficient (Wildman–Crippen LogP) is 3.87. The van der Waals surface area contributed by atoms with Gasteiger partial charge in [0.25, 0.3) is 5.69 Å². The van der Waals surface area contributed by atoms with Crippen LogP contribution in [-0.2, 0) is 6.18 Å². The van der Waals surface area contributed by atoms with E-state index in [1.54, 1.807) is 0 Å². The Balaban J connectivity index is 3.29. The molecule has 0 N–H and O–H groups in total. The summed E-state index contributed by atoms with van der Waals surface area (Å²) in [5.74, 6) is 0.115. The molecule has 17 heavy (non-hydrogen) atoms. The topological polar surface area (TPSA) is 43.1 Å². The normalized spacial score (nSPS) is 12.0. The second-order valence-electron chi connectivity index (χ2n) is 3.12. The highest BCUT2D eigenvalue weighted by Crippen LogP contribution is 2.32. The summed E-state index contributed by atoms with van der Waals surface area (Å²) in [6.07, 6.45) is -1.91. The largest absolute Gasteiger partial charge is 0.416 e. The molecule has 0 aromatic heterocycles. The Hall–Kier alpha value is -1.56. The molecule has 1 rings (SSSR count). The first-order valence-corrected chi connectivity index (χ1v) is 4.97. The standard InChI is InChI=1S/C10H7ClF3NO2/c11-3-1-2-7-4-8(10(12,13)14)6-9(5-7)15(16)17/h1-2,4-6H,3H2. The fourth-order valence-electron chi connectivity index (χ4n) is 1.18. The number of benzene rings is 1. The van der Waals surface area contributed by atoms with Crippen LogP contribution in [0, 0.1) is 10.1 Å². The summed E-state index contributed by atoms with van der Waals surface area (Å²) in [4.78, 5) is 9.63. The molecule has 92 valence electrons. The van der Waals surface area contributed by atoms with Gasteiger partial charge in [-0.25, -0.2) is 0 Å². The summed E-state index contributed by atoms with van der Waals surface area (Å²) in [5, 5.41) is 10.5. The molecule has 1 aromatic rings. The molecule has 0 saturated heterocycles. The lowest BCUT2D eigenvalue weighted by Crippen LogP contribution is -2.06. The van der Waals surface area contributed by atoms with Crippen LogP contribution in [0.4, 0.5) is 18.9 Å². The Labute approximate surface area is 99.7 Å². The van der Waals surface area contributed by atoms with Crippen LogP contribution in [-0.4, -0.2) is 10.8 Å². The molecule has 0 atom stereocenters. The summed E-state index contributed by atoms with van der Waals surface area (Å²) in [6.45, 7) is 0. The number of nitro groups is 1. The van der Waals surface area contributed by atoms with Crippen LogP contribution in [0.2, 0.25) is 0 Å². The maximum absolute atomic E-state index is 12.5. The average molecular weight is 266 g/mol. The molecule has 7 heteroatoms. The van der Waals surface area contributed by atoms with Crippen LogP contribution in [0.25, 0.3) is 6.08 Å². The van der Waals surface area contributed by atoms with Crippen molar-refractivity contribution in [3.8, 4) is 0 Å². The molecule has 0 aliphatic heterocycles. The van der Waals surface area contributed by atoms with Crippen molar-refractivity contribution in [3.05, 3.63) is 45.5 Å². The van der Waals surface area contributed by atoms with Crippen molar-refractivity contribution in [3.63, 3.8) is 0 Å². The summed E-state index contributed by atoms with van der Waals surface area (Å²) < 4.78 is 37.4. The zero-order chi connectivity index (χ0) is 13.1. The Morgan fingerprint density at radius 3 is 2.47 bits per heavy atom. The van der Waals surface area contributed by atoms with Crippen molar-refractivity contribution in [2.24, 2.45) is 0 Å². The Morgan fingerprint density at radius 1 is 1.35 bits per heavy atom. The maximum atomic E-state index is 12.5. The number of non-ortho nitro benzene ring substituents is 1. The summed E-state index contributed by atoms with van der Waals surface area (Å²) in [5.41, 5.74) is -1.57. The maximum Gasteiger partial charge on any atom is 0.416 e. The van der Waals surface area contributed by atoms with Gasteiger partial charge in [0.05, 0.1) is 10.5 Å². The van der Waals surface area contributed by atoms with E-state index in [1.165, 1.54) is 12.2 Å². The zero-order valence-corrected chi connectivity index (χ0v) is 9.13. The predicted molar refractivity (Wildman–Crippen MR) is 57.9 cm³/mol. The molecule has 1 aromatic carbocycles. The number of rotatable bonds is 3. The van der Waals surface area contributed by atoms with E-state index in [0.29, 0.717) is 6.07 Å². The molecule has 3 nitrogen and oxygen atoms in total. The fourth-order valence-corrected chi connectivity index (χ4v) is 1.27. The Kier molecular flexibility index (Phi) is 4.11. The van der Waals surface area contributed by atoms with Crippen LogP contribution < -0.4 is 0 Å². The van der Waals surface area contributed by atoms with E-state index >= 15 is 0 Å². The molecular weight excluding hydrogens is 259 g/mol. The van der Waals surface area contributed by atoms with E-state index in [4.69, 9.17) is 11.6 Å². The minimum atomic E-state index is -4.62. The smallest absolute Gasteiger partial charge is 0.258 e. The monoisotopic (exact) mass is 265 g/mol. The van der Waals surface area contributed by atoms with Crippen LogP contribution in [0.15, 0.2) is 24.3 Å². The first kappa shape index (κ1) is 13.5. The molecule has 0 spiro atoms. The van der Waals surface area contributed by atoms with Gasteiger partial charge in [-0.3, -0.25) is 10.1 Å². The lowest BCUT2D eigenvalue weighted by molar-refractivity contribution is -0.385. The first-order chi connectivity index (χ1) is 7.84. The molecule has 0 aliphatic carbocycles. The number of hydrogen-bond acceptors (Lipinski definition) is 2. The first-order valence-electron chi connectivity index (χ1n) is 4.44. The minimum absolute atomic E-state index is 0.0900. The third kappa shape index (κ3) is 3.74. The van der Waals surface area contributed by atoms with Gasteiger partial charge in [0.1, 0.15) is 0 Å². The molecule has 0 amide bonds. The number of halogens is 4. The molecule has 0 unspecified atom stereocenters. The third-order valence-corrected chi connectivity index (χ3v) is 2.06. The second-order valence-corrected chi connectivity index (χ2v) is 3.43. The highest BCUT2D eigenvalue weighted by molar-refractivity contribution is 6.19. The highest BCUT2D eigenvalue weighted by Gasteiger charge is 2.32. The number of nitrogens with zero attached hydrogens (tertiary/aromatic N) is 1. The number of alkyl halides is 4. The number of hydrogen-bond donors (Lipinski definition) is 0. The van der Waals surface area contributed by atoms with Crippen LogP contribution in [0.3, 0.4) is 0 Å². The van der Waals surface area contributed by atoms with E-state index in [0.717, 1.165) is 12.1 Å². The molecule has 0 bridgehead atoms. The second kappa shape index (κ2) is 5.18. The van der Waals surface area contributed by atoms with Gasteiger partial charge in [-0.05, 0) is 11.6 Å². The van der Waals surface area contributed by atoms with Crippen LogP contribution in [0.5, 0.6) is 0 Å². The summed E-state index contributed by atoms with van der Waals surface area (Å²) in [7, 11) is 0. The summed E-state index contributed by atoms with van der Waals surface area (Å²) >= 11 is 5.34. The third-order valence-electron chi connectivity index (χ3n) is 1.88. The van der Waals surface area contributed by atoms with Crippen molar-refractivity contribution >= 4 is 23.4 Å². The Morgan fingerprint density at radius 2 is 2.00 bits per heavy atom. The molecule has 0 aliphatic rings. The van der Waals surface area contributed by atoms with E-state index in [-0.39, 0.29) is 11.4 Å². The molecule has 0 fully saturated rings. The van der Waals surface area contributed by atoms with Gasteiger partial charge in [-0.1, -0.05) is 12.2 Å². The van der Waals surface area contributed by atoms with Gasteiger partial charge in [0.2, 0.25) is 0 Å². The van der Waals surface area contributed by atoms with Crippen molar-refractivity contribution in [1.29, 1.82) is 0 Å². The van der Waals surface area contributed by atoms with Crippen molar-refractivity contribution in [2.75, 3.05) is 5.88 Å². The highest BCUT2D eigenvalue weighted by atomic mass is 35.5. The van der Waals surface area contributed by atoms with Gasteiger partial charge in [0, 0.05) is 18.0 Å². The van der Waals surface area contributed by atoms with E-state index in [9.17, 15) is 23.3 Å². The van der Waals surface area contributed by atoms with Crippen LogP contribution >= 0.6 is 11.6 Å². The fraction of sp³-hybridized carbons (Fsp3) is 0.200. The summed E-state index contributed by atoms with van der Waals surface area (Å²) in [6, 6.07) is 2.38. The van der Waals surface area contributed by atoms with Crippen molar-refractivity contribution < 1.29 is 18.1 Å². The van der Waals surface area contributed by atoms with Gasteiger partial charge in [-0.15, -0.1) is 11.6 Å². The molecular formula is C10H7ClF3NO2.